The monoisotopic (exact) mass is 270 g/mol. The Balaban J connectivity index is 1.84. The van der Waals surface area contributed by atoms with E-state index < -0.39 is 0 Å². The van der Waals surface area contributed by atoms with Crippen LogP contribution >= 0.6 is 0 Å². The predicted molar refractivity (Wildman–Crippen MR) is 82.1 cm³/mol. The molecule has 0 radical (unpaired) electrons. The van der Waals surface area contributed by atoms with Gasteiger partial charge in [-0.1, -0.05) is 6.42 Å². The second kappa shape index (κ2) is 4.97. The number of rotatable bonds is 3. The number of amides is 1. The van der Waals surface area contributed by atoms with E-state index in [1.54, 1.807) is 0 Å². The SMILES string of the molecule is Cc1c(C)n(C)c2ccc(C(=O)NCC3CCC3)cc12. The van der Waals surface area contributed by atoms with Crippen LogP contribution in [-0.4, -0.2) is 17.0 Å². The minimum absolute atomic E-state index is 0.0553. The molecule has 20 heavy (non-hydrogen) atoms. The molecule has 1 aromatic heterocycles. The van der Waals surface area contributed by atoms with E-state index in [0.29, 0.717) is 5.92 Å². The molecule has 0 atom stereocenters. The van der Waals surface area contributed by atoms with E-state index in [1.807, 2.05) is 18.2 Å². The van der Waals surface area contributed by atoms with Gasteiger partial charge in [-0.3, -0.25) is 4.79 Å². The van der Waals surface area contributed by atoms with Gasteiger partial charge in [-0.05, 0) is 56.4 Å². The maximum absolute atomic E-state index is 12.2. The molecule has 1 N–H and O–H groups in total. The maximum Gasteiger partial charge on any atom is 0.251 e. The Kier molecular flexibility index (Phi) is 3.28. The summed E-state index contributed by atoms with van der Waals surface area (Å²) in [4.78, 5) is 12.2. The van der Waals surface area contributed by atoms with Crippen molar-refractivity contribution in [2.24, 2.45) is 13.0 Å². The first-order valence-corrected chi connectivity index (χ1v) is 7.41. The number of carbonyl (C=O) groups excluding carboxylic acids is 1. The number of carbonyl (C=O) groups is 1. The molecule has 0 aliphatic heterocycles. The molecule has 0 saturated heterocycles. The molecular formula is C17H22N2O. The lowest BCUT2D eigenvalue weighted by atomic mass is 9.85. The Morgan fingerprint density at radius 1 is 1.35 bits per heavy atom. The first-order valence-electron chi connectivity index (χ1n) is 7.41. The fourth-order valence-corrected chi connectivity index (χ4v) is 2.93. The number of benzene rings is 1. The van der Waals surface area contributed by atoms with Crippen LogP contribution in [0.4, 0.5) is 0 Å². The third-order valence-electron chi connectivity index (χ3n) is 4.85. The van der Waals surface area contributed by atoms with E-state index in [1.165, 1.54) is 41.4 Å². The van der Waals surface area contributed by atoms with Crippen molar-refractivity contribution in [1.82, 2.24) is 9.88 Å². The Morgan fingerprint density at radius 3 is 2.75 bits per heavy atom. The Bertz CT molecular complexity index is 665. The highest BCUT2D eigenvalue weighted by Crippen LogP contribution is 2.26. The fourth-order valence-electron chi connectivity index (χ4n) is 2.93. The standard InChI is InChI=1S/C17H22N2O/c1-11-12(2)19(3)16-8-7-14(9-15(11)16)17(20)18-10-13-5-4-6-13/h7-9,13H,4-6,10H2,1-3H3,(H,18,20). The third-order valence-corrected chi connectivity index (χ3v) is 4.85. The topological polar surface area (TPSA) is 34.0 Å². The van der Waals surface area contributed by atoms with Crippen molar-refractivity contribution in [2.45, 2.75) is 33.1 Å². The van der Waals surface area contributed by atoms with Gasteiger partial charge < -0.3 is 9.88 Å². The molecule has 3 nitrogen and oxygen atoms in total. The summed E-state index contributed by atoms with van der Waals surface area (Å²) < 4.78 is 2.18. The summed E-state index contributed by atoms with van der Waals surface area (Å²) >= 11 is 0. The lowest BCUT2D eigenvalue weighted by Crippen LogP contribution is -2.32. The van der Waals surface area contributed by atoms with Crippen molar-refractivity contribution in [2.75, 3.05) is 6.54 Å². The number of aryl methyl sites for hydroxylation is 2. The molecule has 0 unspecified atom stereocenters. The van der Waals surface area contributed by atoms with Gasteiger partial charge in [0.2, 0.25) is 0 Å². The van der Waals surface area contributed by atoms with Crippen LogP contribution in [0.1, 0.15) is 40.9 Å². The molecule has 1 aliphatic rings. The predicted octanol–water partition coefficient (Wildman–Crippen LogP) is 3.33. The number of aromatic nitrogens is 1. The van der Waals surface area contributed by atoms with E-state index >= 15 is 0 Å². The van der Waals surface area contributed by atoms with Gasteiger partial charge in [-0.2, -0.15) is 0 Å². The van der Waals surface area contributed by atoms with Gasteiger partial charge in [-0.25, -0.2) is 0 Å². The molecule has 1 amide bonds. The first kappa shape index (κ1) is 13.2. The van der Waals surface area contributed by atoms with E-state index in [2.05, 4.69) is 30.8 Å². The molecule has 0 spiro atoms. The van der Waals surface area contributed by atoms with Crippen molar-refractivity contribution in [3.63, 3.8) is 0 Å². The summed E-state index contributed by atoms with van der Waals surface area (Å²) in [6, 6.07) is 6.00. The van der Waals surface area contributed by atoms with Crippen LogP contribution in [0.25, 0.3) is 10.9 Å². The summed E-state index contributed by atoms with van der Waals surface area (Å²) in [5.41, 5.74) is 4.48. The highest BCUT2D eigenvalue weighted by molar-refractivity contribution is 5.99. The zero-order valence-electron chi connectivity index (χ0n) is 12.5. The quantitative estimate of drug-likeness (QED) is 0.912. The molecule has 1 saturated carbocycles. The van der Waals surface area contributed by atoms with Crippen LogP contribution in [0.5, 0.6) is 0 Å². The number of hydrogen-bond acceptors (Lipinski definition) is 1. The van der Waals surface area contributed by atoms with Crippen LogP contribution in [0.3, 0.4) is 0 Å². The van der Waals surface area contributed by atoms with Crippen LogP contribution in [0.2, 0.25) is 0 Å². The van der Waals surface area contributed by atoms with Gasteiger partial charge in [0.15, 0.2) is 0 Å². The largest absolute Gasteiger partial charge is 0.352 e. The lowest BCUT2D eigenvalue weighted by molar-refractivity contribution is 0.0939. The first-order chi connectivity index (χ1) is 9.58. The normalized spacial score (nSPS) is 15.3. The lowest BCUT2D eigenvalue weighted by Gasteiger charge is -2.25. The molecule has 1 fully saturated rings. The number of nitrogens with one attached hydrogen (secondary N) is 1. The van der Waals surface area contributed by atoms with E-state index in [4.69, 9.17) is 0 Å². The number of nitrogens with zero attached hydrogens (tertiary/aromatic N) is 1. The summed E-state index contributed by atoms with van der Waals surface area (Å²) in [5.74, 6) is 0.753. The summed E-state index contributed by atoms with van der Waals surface area (Å²) in [6.07, 6.45) is 3.83. The van der Waals surface area contributed by atoms with Crippen molar-refractivity contribution in [3.8, 4) is 0 Å². The molecule has 2 aromatic rings. The smallest absolute Gasteiger partial charge is 0.251 e. The molecule has 1 heterocycles. The van der Waals surface area contributed by atoms with Crippen LogP contribution in [-0.2, 0) is 7.05 Å². The number of fused-ring (bicyclic) bond motifs is 1. The van der Waals surface area contributed by atoms with E-state index in [0.717, 1.165) is 12.1 Å². The zero-order valence-corrected chi connectivity index (χ0v) is 12.5. The van der Waals surface area contributed by atoms with Crippen molar-refractivity contribution < 1.29 is 4.79 Å². The minimum atomic E-state index is 0.0553. The summed E-state index contributed by atoms with van der Waals surface area (Å²) in [6.45, 7) is 5.06. The van der Waals surface area contributed by atoms with Crippen molar-refractivity contribution >= 4 is 16.8 Å². The van der Waals surface area contributed by atoms with Gasteiger partial charge in [0.05, 0.1) is 0 Å². The van der Waals surface area contributed by atoms with Crippen LogP contribution in [0, 0.1) is 19.8 Å². The van der Waals surface area contributed by atoms with Gasteiger partial charge in [0.25, 0.3) is 5.91 Å². The summed E-state index contributed by atoms with van der Waals surface area (Å²) in [5, 5.41) is 4.24. The molecule has 0 bridgehead atoms. The van der Waals surface area contributed by atoms with Crippen LogP contribution in [0.15, 0.2) is 18.2 Å². The second-order valence-electron chi connectivity index (χ2n) is 6.01. The Hall–Kier alpha value is -1.77. The average molecular weight is 270 g/mol. The highest BCUT2D eigenvalue weighted by Gasteiger charge is 2.18. The van der Waals surface area contributed by atoms with Gasteiger partial charge in [0.1, 0.15) is 0 Å². The molecule has 1 aliphatic carbocycles. The molecule has 3 rings (SSSR count). The third kappa shape index (κ3) is 2.11. The molecule has 3 heteroatoms. The minimum Gasteiger partial charge on any atom is -0.352 e. The van der Waals surface area contributed by atoms with Crippen LogP contribution < -0.4 is 5.32 Å². The average Bonchev–Trinajstić information content (AvgIpc) is 2.62. The van der Waals surface area contributed by atoms with Gasteiger partial charge in [-0.15, -0.1) is 0 Å². The second-order valence-corrected chi connectivity index (χ2v) is 6.01. The Labute approximate surface area is 120 Å². The Morgan fingerprint density at radius 2 is 2.10 bits per heavy atom. The van der Waals surface area contributed by atoms with Crippen molar-refractivity contribution in [3.05, 3.63) is 35.0 Å². The number of hydrogen-bond donors (Lipinski definition) is 1. The highest BCUT2D eigenvalue weighted by atomic mass is 16.1. The maximum atomic E-state index is 12.2. The zero-order chi connectivity index (χ0) is 14.3. The van der Waals surface area contributed by atoms with Gasteiger partial charge in [0, 0.05) is 35.8 Å². The van der Waals surface area contributed by atoms with E-state index in [9.17, 15) is 4.79 Å². The molecular weight excluding hydrogens is 248 g/mol. The van der Waals surface area contributed by atoms with Crippen molar-refractivity contribution in [1.29, 1.82) is 0 Å². The molecule has 1 aromatic carbocycles. The van der Waals surface area contributed by atoms with E-state index in [-0.39, 0.29) is 5.91 Å². The molecule has 106 valence electrons. The summed E-state index contributed by atoms with van der Waals surface area (Å²) in [7, 11) is 2.07. The van der Waals surface area contributed by atoms with Gasteiger partial charge >= 0.3 is 0 Å². The fraction of sp³-hybridized carbons (Fsp3) is 0.471.